The molecule has 7 nitrogen and oxygen atoms in total. The van der Waals surface area contributed by atoms with Crippen molar-refractivity contribution in [1.29, 1.82) is 0 Å². The summed E-state index contributed by atoms with van der Waals surface area (Å²) in [6.45, 7) is 4.80. The molecule has 1 aliphatic heterocycles. The number of benzene rings is 3. The van der Waals surface area contributed by atoms with Crippen LogP contribution in [0.4, 0.5) is 11.4 Å². The number of carbonyl (C=O) groups excluding carboxylic acids is 2. The molecule has 0 bridgehead atoms. The van der Waals surface area contributed by atoms with E-state index in [9.17, 15) is 9.59 Å². The smallest absolute Gasteiger partial charge is 0.254 e. The number of halogens is 1. The predicted molar refractivity (Wildman–Crippen MR) is 168 cm³/mol. The average Bonchev–Trinajstić information content (AvgIpc) is 3.46. The first-order chi connectivity index (χ1) is 19.9. The Kier molecular flexibility index (Phi) is 8.82. The van der Waals surface area contributed by atoms with Crippen LogP contribution in [0.15, 0.2) is 95.4 Å². The zero-order valence-corrected chi connectivity index (χ0v) is 24.0. The number of rotatable bonds is 6. The second kappa shape index (κ2) is 12.8. The van der Waals surface area contributed by atoms with Gasteiger partial charge in [-0.1, -0.05) is 29.8 Å². The summed E-state index contributed by atoms with van der Waals surface area (Å²) in [5.41, 5.74) is 4.47. The number of nitrogens with zero attached hydrogens (tertiary/aromatic N) is 2. The lowest BCUT2D eigenvalue weighted by Gasteiger charge is -2.36. The van der Waals surface area contributed by atoms with Gasteiger partial charge in [0.2, 0.25) is 5.91 Å². The van der Waals surface area contributed by atoms with Crippen molar-refractivity contribution in [3.8, 4) is 11.3 Å². The molecule has 2 heterocycles. The first kappa shape index (κ1) is 28.1. The molecule has 4 aromatic rings. The topological polar surface area (TPSA) is 77.8 Å². The molecule has 0 spiro atoms. The molecule has 2 amide bonds. The van der Waals surface area contributed by atoms with E-state index in [0.29, 0.717) is 29.6 Å². The molecule has 1 aliphatic rings. The van der Waals surface area contributed by atoms with Crippen molar-refractivity contribution < 1.29 is 14.0 Å². The summed E-state index contributed by atoms with van der Waals surface area (Å²) in [5, 5.41) is 6.53. The number of hydrogen-bond acceptors (Lipinski definition) is 5. The molecule has 1 saturated heterocycles. The number of anilines is 2. The van der Waals surface area contributed by atoms with Gasteiger partial charge in [-0.3, -0.25) is 14.9 Å². The highest BCUT2D eigenvalue weighted by Crippen LogP contribution is 2.24. The van der Waals surface area contributed by atoms with Crippen LogP contribution in [-0.2, 0) is 4.79 Å². The van der Waals surface area contributed by atoms with Crippen LogP contribution in [0.2, 0.25) is 5.02 Å². The van der Waals surface area contributed by atoms with Crippen LogP contribution in [0.5, 0.6) is 0 Å². The highest BCUT2D eigenvalue weighted by Gasteiger charge is 2.23. The van der Waals surface area contributed by atoms with Crippen molar-refractivity contribution in [2.45, 2.75) is 6.92 Å². The molecule has 2 N–H and O–H groups in total. The summed E-state index contributed by atoms with van der Waals surface area (Å²) in [6, 6.07) is 26.5. The van der Waals surface area contributed by atoms with Gasteiger partial charge in [0.1, 0.15) is 11.5 Å². The second-order valence-electron chi connectivity index (χ2n) is 9.63. The summed E-state index contributed by atoms with van der Waals surface area (Å²) in [7, 11) is 0. The van der Waals surface area contributed by atoms with Crippen LogP contribution in [0.25, 0.3) is 17.4 Å². The quantitative estimate of drug-likeness (QED) is 0.202. The minimum Gasteiger partial charge on any atom is -0.457 e. The number of hydrogen-bond donors (Lipinski definition) is 2. The van der Waals surface area contributed by atoms with Gasteiger partial charge in [0.25, 0.3) is 5.91 Å². The molecular formula is C32H29ClN4O3S. The van der Waals surface area contributed by atoms with Gasteiger partial charge in [-0.15, -0.1) is 0 Å². The summed E-state index contributed by atoms with van der Waals surface area (Å²) in [6.07, 6.45) is 2.95. The second-order valence-corrected chi connectivity index (χ2v) is 10.5. The van der Waals surface area contributed by atoms with Crippen molar-refractivity contribution in [3.63, 3.8) is 0 Å². The molecule has 0 radical (unpaired) electrons. The Balaban J connectivity index is 1.08. The third kappa shape index (κ3) is 7.22. The molecule has 9 heteroatoms. The van der Waals surface area contributed by atoms with Gasteiger partial charge in [0.15, 0.2) is 5.11 Å². The normalized spacial score (nSPS) is 13.3. The molecule has 0 saturated carbocycles. The lowest BCUT2D eigenvalue weighted by molar-refractivity contribution is -0.115. The van der Waals surface area contributed by atoms with Gasteiger partial charge in [-0.25, -0.2) is 0 Å². The van der Waals surface area contributed by atoms with E-state index >= 15 is 0 Å². The lowest BCUT2D eigenvalue weighted by Crippen LogP contribution is -2.48. The Morgan fingerprint density at radius 1 is 0.902 bits per heavy atom. The maximum absolute atomic E-state index is 12.9. The van der Waals surface area contributed by atoms with Gasteiger partial charge >= 0.3 is 0 Å². The van der Waals surface area contributed by atoms with E-state index in [1.54, 1.807) is 24.3 Å². The first-order valence-corrected chi connectivity index (χ1v) is 14.0. The molecule has 3 aromatic carbocycles. The summed E-state index contributed by atoms with van der Waals surface area (Å²) in [5.74, 6) is 0.932. The number of aryl methyl sites for hydroxylation is 1. The molecule has 0 atom stereocenters. The Morgan fingerprint density at radius 2 is 1.61 bits per heavy atom. The summed E-state index contributed by atoms with van der Waals surface area (Å²) < 4.78 is 5.78. The number of piperazine rings is 1. The van der Waals surface area contributed by atoms with Crippen molar-refractivity contribution in [2.24, 2.45) is 0 Å². The highest BCUT2D eigenvalue weighted by atomic mass is 35.5. The van der Waals surface area contributed by atoms with Gasteiger partial charge in [0, 0.05) is 59.8 Å². The fourth-order valence-electron chi connectivity index (χ4n) is 4.59. The van der Waals surface area contributed by atoms with E-state index in [1.807, 2.05) is 78.6 Å². The minimum absolute atomic E-state index is 0.0829. The molecule has 1 aromatic heterocycles. The van der Waals surface area contributed by atoms with E-state index < -0.39 is 0 Å². The number of nitrogens with one attached hydrogen (secondary N) is 2. The van der Waals surface area contributed by atoms with Crippen LogP contribution >= 0.6 is 23.8 Å². The Hall–Kier alpha value is -4.40. The van der Waals surface area contributed by atoms with Crippen molar-refractivity contribution >= 4 is 58.2 Å². The van der Waals surface area contributed by atoms with Crippen molar-refractivity contribution in [3.05, 3.63) is 113 Å². The molecule has 41 heavy (non-hydrogen) atoms. The molecular weight excluding hydrogens is 556 g/mol. The van der Waals surface area contributed by atoms with Gasteiger partial charge in [-0.2, -0.15) is 0 Å². The number of thiocarbonyl (C=S) groups is 1. The van der Waals surface area contributed by atoms with Crippen LogP contribution in [0, 0.1) is 6.92 Å². The maximum atomic E-state index is 12.9. The van der Waals surface area contributed by atoms with Crippen LogP contribution in [-0.4, -0.2) is 48.0 Å². The largest absolute Gasteiger partial charge is 0.457 e. The van der Waals surface area contributed by atoms with Gasteiger partial charge in [0.05, 0.1) is 0 Å². The van der Waals surface area contributed by atoms with Crippen molar-refractivity contribution in [2.75, 3.05) is 36.4 Å². The molecule has 5 rings (SSSR count). The van der Waals surface area contributed by atoms with Gasteiger partial charge < -0.3 is 19.5 Å². The van der Waals surface area contributed by atoms with Crippen LogP contribution in [0.3, 0.4) is 0 Å². The average molecular weight is 585 g/mol. The lowest BCUT2D eigenvalue weighted by atomic mass is 10.1. The summed E-state index contributed by atoms with van der Waals surface area (Å²) >= 11 is 11.2. The van der Waals surface area contributed by atoms with E-state index in [-0.39, 0.29) is 16.9 Å². The first-order valence-electron chi connectivity index (χ1n) is 13.2. The molecule has 0 aliphatic carbocycles. The van der Waals surface area contributed by atoms with E-state index in [0.717, 1.165) is 41.2 Å². The Morgan fingerprint density at radius 3 is 2.32 bits per heavy atom. The number of amides is 2. The highest BCUT2D eigenvalue weighted by molar-refractivity contribution is 7.80. The number of furan rings is 1. The Labute approximate surface area is 249 Å². The number of carbonyl (C=O) groups is 2. The predicted octanol–water partition coefficient (Wildman–Crippen LogP) is 6.40. The van der Waals surface area contributed by atoms with Gasteiger partial charge in [-0.05, 0) is 97.5 Å². The zero-order chi connectivity index (χ0) is 28.8. The Bertz CT molecular complexity index is 1570. The fraction of sp³-hybridized carbons (Fsp3) is 0.156. The van der Waals surface area contributed by atoms with Crippen LogP contribution in [0.1, 0.15) is 21.7 Å². The zero-order valence-electron chi connectivity index (χ0n) is 22.5. The summed E-state index contributed by atoms with van der Waals surface area (Å²) in [4.78, 5) is 29.4. The van der Waals surface area contributed by atoms with E-state index in [2.05, 4.69) is 15.5 Å². The molecule has 208 valence electrons. The third-order valence-electron chi connectivity index (χ3n) is 6.82. The third-order valence-corrected chi connectivity index (χ3v) is 7.28. The minimum atomic E-state index is -0.373. The van der Waals surface area contributed by atoms with E-state index in [4.69, 9.17) is 28.2 Å². The monoisotopic (exact) mass is 584 g/mol. The molecule has 0 unspecified atom stereocenters. The maximum Gasteiger partial charge on any atom is 0.254 e. The fourth-order valence-corrected chi connectivity index (χ4v) is 4.94. The van der Waals surface area contributed by atoms with Crippen molar-refractivity contribution in [1.82, 2.24) is 10.2 Å². The standard InChI is InChI=1S/C32H29ClN4O3S/c1-22-4-2-3-5-28(22)31(39)37-20-18-36(19-21-37)26-12-10-25(11-13-26)34-32(41)35-30(38)17-15-27-14-16-29(40-27)23-6-8-24(33)9-7-23/h2-17H,18-21H2,1H3,(H2,34,35,38,41). The SMILES string of the molecule is Cc1ccccc1C(=O)N1CCN(c2ccc(NC(=S)NC(=O)C=Cc3ccc(-c4ccc(Cl)cc4)o3)cc2)CC1. The molecule has 1 fully saturated rings. The van der Waals surface area contributed by atoms with E-state index in [1.165, 1.54) is 6.08 Å². The van der Waals surface area contributed by atoms with Crippen LogP contribution < -0.4 is 15.5 Å².